The fourth-order valence-electron chi connectivity index (χ4n) is 2.76. The summed E-state index contributed by atoms with van der Waals surface area (Å²) in [6.45, 7) is 3.90. The number of rotatable bonds is 7. The van der Waals surface area contributed by atoms with E-state index in [1.807, 2.05) is 13.8 Å². The molecule has 1 saturated heterocycles. The van der Waals surface area contributed by atoms with E-state index in [9.17, 15) is 14.0 Å². The van der Waals surface area contributed by atoms with Gasteiger partial charge in [-0.05, 0) is 54.9 Å². The molecule has 0 N–H and O–H groups in total. The maximum Gasteiger partial charge on any atom is 0.293 e. The summed E-state index contributed by atoms with van der Waals surface area (Å²) in [6, 6.07) is 11.4. The molecule has 1 fully saturated rings. The Labute approximate surface area is 173 Å². The molecule has 0 spiro atoms. The minimum atomic E-state index is -0.447. The Morgan fingerprint density at radius 1 is 1.17 bits per heavy atom. The van der Waals surface area contributed by atoms with E-state index in [2.05, 4.69) is 0 Å². The summed E-state index contributed by atoms with van der Waals surface area (Å²) in [6.07, 6.45) is 2.53. The van der Waals surface area contributed by atoms with E-state index in [4.69, 9.17) is 9.47 Å². The molecule has 2 aromatic carbocycles. The molecule has 152 valence electrons. The van der Waals surface area contributed by atoms with Crippen molar-refractivity contribution in [2.75, 3.05) is 7.11 Å². The third kappa shape index (κ3) is 4.79. The number of hydrogen-bond donors (Lipinski definition) is 0. The first-order valence-electron chi connectivity index (χ1n) is 9.26. The van der Waals surface area contributed by atoms with Gasteiger partial charge in [0.2, 0.25) is 0 Å². The van der Waals surface area contributed by atoms with E-state index in [0.29, 0.717) is 22.6 Å². The van der Waals surface area contributed by atoms with E-state index < -0.39 is 17.0 Å². The van der Waals surface area contributed by atoms with Gasteiger partial charge in [0, 0.05) is 5.56 Å². The normalized spacial score (nSPS) is 16.4. The molecular weight excluding hydrogens is 393 g/mol. The van der Waals surface area contributed by atoms with Gasteiger partial charge < -0.3 is 9.47 Å². The van der Waals surface area contributed by atoms with Gasteiger partial charge in [0.25, 0.3) is 11.1 Å². The lowest BCUT2D eigenvalue weighted by molar-refractivity contribution is -0.123. The van der Waals surface area contributed by atoms with Gasteiger partial charge in [-0.2, -0.15) is 0 Å². The molecule has 2 amide bonds. The van der Waals surface area contributed by atoms with Gasteiger partial charge in [-0.1, -0.05) is 31.2 Å². The molecule has 7 heteroatoms. The molecule has 0 bridgehead atoms. The summed E-state index contributed by atoms with van der Waals surface area (Å²) in [7, 11) is 1.55. The number of carbonyl (C=O) groups excluding carboxylic acids is 2. The average molecular weight is 415 g/mol. The molecule has 1 atom stereocenters. The van der Waals surface area contributed by atoms with Gasteiger partial charge >= 0.3 is 0 Å². The minimum absolute atomic E-state index is 0.0460. The van der Waals surface area contributed by atoms with Crippen molar-refractivity contribution in [3.8, 4) is 11.5 Å². The van der Waals surface area contributed by atoms with Crippen molar-refractivity contribution in [2.24, 2.45) is 0 Å². The quantitative estimate of drug-likeness (QED) is 0.578. The predicted octanol–water partition coefficient (Wildman–Crippen LogP) is 5.25. The molecule has 3 rings (SSSR count). The Bertz CT molecular complexity index is 960. The van der Waals surface area contributed by atoms with Crippen LogP contribution in [0.5, 0.6) is 11.5 Å². The van der Waals surface area contributed by atoms with Crippen LogP contribution < -0.4 is 9.47 Å². The number of halogens is 1. The van der Waals surface area contributed by atoms with Gasteiger partial charge in [-0.3, -0.25) is 14.5 Å². The summed E-state index contributed by atoms with van der Waals surface area (Å²) < 4.78 is 25.1. The second-order valence-corrected chi connectivity index (χ2v) is 7.60. The second-order valence-electron chi connectivity index (χ2n) is 6.61. The number of nitrogens with zero attached hydrogens (tertiary/aromatic N) is 1. The summed E-state index contributed by atoms with van der Waals surface area (Å²) in [5, 5.41) is -0.423. The molecule has 0 aromatic heterocycles. The lowest BCUT2D eigenvalue weighted by Crippen LogP contribution is -2.27. The molecule has 1 heterocycles. The maximum atomic E-state index is 13.9. The molecule has 2 aromatic rings. The largest absolute Gasteiger partial charge is 0.493 e. The van der Waals surface area contributed by atoms with Crippen LogP contribution >= 0.6 is 11.8 Å². The van der Waals surface area contributed by atoms with Crippen molar-refractivity contribution in [3.63, 3.8) is 0 Å². The van der Waals surface area contributed by atoms with Crippen molar-refractivity contribution in [1.29, 1.82) is 0 Å². The number of thioether (sulfide) groups is 1. The predicted molar refractivity (Wildman–Crippen MR) is 111 cm³/mol. The topological polar surface area (TPSA) is 55.8 Å². The Kier molecular flexibility index (Phi) is 6.59. The fraction of sp³-hybridized carbons (Fsp3) is 0.273. The number of imide groups is 1. The highest BCUT2D eigenvalue weighted by Crippen LogP contribution is 2.35. The Morgan fingerprint density at radius 3 is 2.62 bits per heavy atom. The highest BCUT2D eigenvalue weighted by atomic mass is 32.2. The van der Waals surface area contributed by atoms with Gasteiger partial charge in [0.15, 0.2) is 11.5 Å². The molecule has 5 nitrogen and oxygen atoms in total. The SMILES string of the molecule is CCC(C)Oc1ccc(/C=C2\SC(=O)N(Cc3ccccc3F)C2=O)cc1OC. The molecule has 29 heavy (non-hydrogen) atoms. The zero-order valence-electron chi connectivity index (χ0n) is 16.5. The zero-order chi connectivity index (χ0) is 21.0. The fourth-order valence-corrected chi connectivity index (χ4v) is 3.59. The smallest absolute Gasteiger partial charge is 0.293 e. The zero-order valence-corrected chi connectivity index (χ0v) is 17.3. The highest BCUT2D eigenvalue weighted by molar-refractivity contribution is 8.18. The first-order chi connectivity index (χ1) is 13.9. The molecule has 1 aliphatic rings. The van der Waals surface area contributed by atoms with E-state index in [1.165, 1.54) is 6.07 Å². The van der Waals surface area contributed by atoms with Gasteiger partial charge in [0.1, 0.15) is 5.82 Å². The van der Waals surface area contributed by atoms with Crippen molar-refractivity contribution in [1.82, 2.24) is 4.90 Å². The number of methoxy groups -OCH3 is 1. The van der Waals surface area contributed by atoms with Crippen molar-refractivity contribution in [3.05, 3.63) is 64.3 Å². The Morgan fingerprint density at radius 2 is 1.93 bits per heavy atom. The maximum absolute atomic E-state index is 13.9. The number of benzene rings is 2. The van der Waals surface area contributed by atoms with E-state index >= 15 is 0 Å². The monoisotopic (exact) mass is 415 g/mol. The third-order valence-electron chi connectivity index (χ3n) is 4.55. The summed E-state index contributed by atoms with van der Waals surface area (Å²) in [5.74, 6) is 0.274. The molecular formula is C22H22FNO4S. The third-order valence-corrected chi connectivity index (χ3v) is 5.46. The van der Waals surface area contributed by atoms with Crippen LogP contribution in [0.1, 0.15) is 31.4 Å². The lowest BCUT2D eigenvalue weighted by atomic mass is 10.1. The molecule has 0 aliphatic carbocycles. The van der Waals surface area contributed by atoms with Crippen LogP contribution in [-0.4, -0.2) is 29.3 Å². The van der Waals surface area contributed by atoms with E-state index in [-0.39, 0.29) is 17.6 Å². The number of ether oxygens (including phenoxy) is 2. The van der Waals surface area contributed by atoms with Gasteiger partial charge in [-0.15, -0.1) is 0 Å². The van der Waals surface area contributed by atoms with Crippen LogP contribution in [0.15, 0.2) is 47.4 Å². The second kappa shape index (κ2) is 9.13. The lowest BCUT2D eigenvalue weighted by Gasteiger charge is -2.15. The van der Waals surface area contributed by atoms with Crippen molar-refractivity contribution >= 4 is 29.0 Å². The molecule has 1 unspecified atom stereocenters. The van der Waals surface area contributed by atoms with Gasteiger partial charge in [0.05, 0.1) is 24.7 Å². The first kappa shape index (κ1) is 20.9. The van der Waals surface area contributed by atoms with Crippen LogP contribution in [0, 0.1) is 5.82 Å². The van der Waals surface area contributed by atoms with Crippen LogP contribution in [0.3, 0.4) is 0 Å². The van der Waals surface area contributed by atoms with Crippen molar-refractivity contribution < 1.29 is 23.5 Å². The Balaban J connectivity index is 1.81. The Hall–Kier alpha value is -2.80. The number of carbonyl (C=O) groups is 2. The molecule has 0 radical (unpaired) electrons. The van der Waals surface area contributed by atoms with E-state index in [1.54, 1.807) is 49.6 Å². The summed E-state index contributed by atoms with van der Waals surface area (Å²) >= 11 is 0.838. The molecule has 1 aliphatic heterocycles. The van der Waals surface area contributed by atoms with Crippen molar-refractivity contribution in [2.45, 2.75) is 32.9 Å². The number of amides is 2. The van der Waals surface area contributed by atoms with Crippen LogP contribution in [0.25, 0.3) is 6.08 Å². The number of hydrogen-bond acceptors (Lipinski definition) is 5. The summed E-state index contributed by atoms with van der Waals surface area (Å²) in [4.78, 5) is 26.3. The highest BCUT2D eigenvalue weighted by Gasteiger charge is 2.35. The van der Waals surface area contributed by atoms with Crippen LogP contribution in [0.2, 0.25) is 0 Å². The standard InChI is InChI=1S/C22H22FNO4S/c1-4-14(2)28-18-10-9-15(11-19(18)27-3)12-20-21(25)24(22(26)29-20)13-16-7-5-6-8-17(16)23/h5-12,14H,4,13H2,1-3H3/b20-12-. The first-order valence-corrected chi connectivity index (χ1v) is 10.1. The minimum Gasteiger partial charge on any atom is -0.493 e. The van der Waals surface area contributed by atoms with E-state index in [0.717, 1.165) is 23.1 Å². The average Bonchev–Trinajstić information content (AvgIpc) is 2.97. The van der Waals surface area contributed by atoms with Crippen LogP contribution in [0.4, 0.5) is 9.18 Å². The molecule has 0 saturated carbocycles. The summed E-state index contributed by atoms with van der Waals surface area (Å²) in [5.41, 5.74) is 0.999. The van der Waals surface area contributed by atoms with Gasteiger partial charge in [-0.25, -0.2) is 4.39 Å². The van der Waals surface area contributed by atoms with Crippen LogP contribution in [-0.2, 0) is 11.3 Å².